The molecule has 4 rings (SSSR count). The standard InChI is InChI=1S/C17H23N3O2S.C7H7BrO/c1-3-12-23(21,22)20-14-15(16-6-4-5-7-17(16)20)13-19-10-8-18(2)9-11-19;1-9-7-5-3-2-4-6(7)8/h3-7,14H,1,8-13H2,2H3;2-5H,1H3. The second kappa shape index (κ2) is 11.1. The van der Waals surface area contributed by atoms with Crippen LogP contribution in [0.5, 0.6) is 5.75 Å². The van der Waals surface area contributed by atoms with Gasteiger partial charge in [0.1, 0.15) is 5.75 Å². The van der Waals surface area contributed by atoms with E-state index in [0.717, 1.165) is 59.4 Å². The van der Waals surface area contributed by atoms with Gasteiger partial charge in [-0.1, -0.05) is 36.4 Å². The number of halogens is 1. The molecule has 3 aromatic rings. The summed E-state index contributed by atoms with van der Waals surface area (Å²) in [5, 5.41) is 1.01. The van der Waals surface area contributed by atoms with Crippen molar-refractivity contribution < 1.29 is 13.2 Å². The number of fused-ring (bicyclic) bond motifs is 1. The Kier molecular flexibility index (Phi) is 8.53. The van der Waals surface area contributed by atoms with Crippen LogP contribution in [0.4, 0.5) is 0 Å². The van der Waals surface area contributed by atoms with Crippen molar-refractivity contribution in [1.82, 2.24) is 13.8 Å². The zero-order chi connectivity index (χ0) is 23.1. The fourth-order valence-electron chi connectivity index (χ4n) is 3.66. The summed E-state index contributed by atoms with van der Waals surface area (Å²) in [6.45, 7) is 8.45. The number of likely N-dealkylation sites (N-methyl/N-ethyl adjacent to an activating group) is 1. The van der Waals surface area contributed by atoms with Gasteiger partial charge in [-0.05, 0) is 46.7 Å². The number of hydrogen-bond donors (Lipinski definition) is 0. The minimum absolute atomic E-state index is 0.0559. The van der Waals surface area contributed by atoms with Gasteiger partial charge < -0.3 is 9.64 Å². The molecule has 0 radical (unpaired) electrons. The van der Waals surface area contributed by atoms with E-state index < -0.39 is 10.0 Å². The molecule has 0 N–H and O–H groups in total. The maximum atomic E-state index is 12.5. The maximum Gasteiger partial charge on any atom is 0.242 e. The molecule has 0 bridgehead atoms. The van der Waals surface area contributed by atoms with Crippen LogP contribution < -0.4 is 4.74 Å². The number of nitrogens with zero attached hydrogens (tertiary/aromatic N) is 3. The number of ether oxygens (including phenoxy) is 1. The van der Waals surface area contributed by atoms with Crippen molar-refractivity contribution >= 4 is 36.9 Å². The van der Waals surface area contributed by atoms with Gasteiger partial charge in [0, 0.05) is 44.3 Å². The SMILES string of the molecule is C=CCS(=O)(=O)n1cc(CN2CCN(C)CC2)c2ccccc21.COc1ccccc1Br. The molecule has 1 aliphatic heterocycles. The first kappa shape index (κ1) is 24.5. The first-order valence-corrected chi connectivity index (χ1v) is 12.9. The Morgan fingerprint density at radius 1 is 1.06 bits per heavy atom. The van der Waals surface area contributed by atoms with Gasteiger partial charge in [0.25, 0.3) is 0 Å². The lowest BCUT2D eigenvalue weighted by Gasteiger charge is -2.32. The molecule has 0 spiro atoms. The molecule has 1 aromatic heterocycles. The molecule has 1 fully saturated rings. The van der Waals surface area contributed by atoms with Crippen molar-refractivity contribution in [2.24, 2.45) is 0 Å². The Labute approximate surface area is 199 Å². The summed E-state index contributed by atoms with van der Waals surface area (Å²) in [5.74, 6) is 0.817. The zero-order valence-corrected chi connectivity index (χ0v) is 21.0. The van der Waals surface area contributed by atoms with Crippen LogP contribution in [-0.4, -0.2) is 68.3 Å². The average Bonchev–Trinajstić information content (AvgIpc) is 3.16. The number of aromatic nitrogens is 1. The van der Waals surface area contributed by atoms with Gasteiger partial charge in [0.05, 0.1) is 22.9 Å². The molecular weight excluding hydrogens is 490 g/mol. The van der Waals surface area contributed by atoms with Gasteiger partial charge in [0.2, 0.25) is 10.0 Å². The van der Waals surface area contributed by atoms with Crippen molar-refractivity contribution in [3.8, 4) is 5.75 Å². The number of piperazine rings is 1. The molecule has 6 nitrogen and oxygen atoms in total. The van der Waals surface area contributed by atoms with E-state index in [1.54, 1.807) is 13.3 Å². The normalized spacial score (nSPS) is 15.2. The summed E-state index contributed by atoms with van der Waals surface area (Å²) in [5.41, 5.74) is 1.82. The van der Waals surface area contributed by atoms with E-state index in [1.807, 2.05) is 48.5 Å². The van der Waals surface area contributed by atoms with E-state index in [0.29, 0.717) is 0 Å². The van der Waals surface area contributed by atoms with Gasteiger partial charge in [-0.15, -0.1) is 6.58 Å². The molecule has 0 saturated carbocycles. The first-order chi connectivity index (χ1) is 15.4. The maximum absolute atomic E-state index is 12.5. The molecule has 0 unspecified atom stereocenters. The topological polar surface area (TPSA) is 54.8 Å². The summed E-state index contributed by atoms with van der Waals surface area (Å²) >= 11 is 3.33. The van der Waals surface area contributed by atoms with E-state index in [2.05, 4.69) is 39.4 Å². The number of methoxy groups -OCH3 is 1. The van der Waals surface area contributed by atoms with Crippen LogP contribution in [0, 0.1) is 0 Å². The molecule has 0 aliphatic carbocycles. The lowest BCUT2D eigenvalue weighted by atomic mass is 10.1. The molecule has 1 aliphatic rings. The third kappa shape index (κ3) is 6.01. The molecule has 8 heteroatoms. The highest BCUT2D eigenvalue weighted by Crippen LogP contribution is 2.25. The van der Waals surface area contributed by atoms with Crippen molar-refractivity contribution in [2.75, 3.05) is 46.1 Å². The van der Waals surface area contributed by atoms with Crippen molar-refractivity contribution in [3.63, 3.8) is 0 Å². The highest BCUT2D eigenvalue weighted by atomic mass is 79.9. The zero-order valence-electron chi connectivity index (χ0n) is 18.6. The van der Waals surface area contributed by atoms with E-state index in [4.69, 9.17) is 4.74 Å². The first-order valence-electron chi connectivity index (χ1n) is 10.5. The summed E-state index contributed by atoms with van der Waals surface area (Å²) in [7, 11) is 0.389. The summed E-state index contributed by atoms with van der Waals surface area (Å²) in [6, 6.07) is 15.4. The lowest BCUT2D eigenvalue weighted by molar-refractivity contribution is 0.148. The van der Waals surface area contributed by atoms with Crippen LogP contribution in [0.15, 0.2) is 71.9 Å². The monoisotopic (exact) mass is 519 g/mol. The van der Waals surface area contributed by atoms with Crippen LogP contribution in [0.2, 0.25) is 0 Å². The highest BCUT2D eigenvalue weighted by Gasteiger charge is 2.20. The predicted octanol–water partition coefficient (Wildman–Crippen LogP) is 4.21. The van der Waals surface area contributed by atoms with Crippen molar-refractivity contribution in [3.05, 3.63) is 77.4 Å². The second-order valence-corrected chi connectivity index (χ2v) is 10.5. The summed E-state index contributed by atoms with van der Waals surface area (Å²) < 4.78 is 32.3. The fourth-order valence-corrected chi connectivity index (χ4v) is 5.31. The van der Waals surface area contributed by atoms with E-state index >= 15 is 0 Å². The van der Waals surface area contributed by atoms with Crippen LogP contribution in [0.25, 0.3) is 10.9 Å². The molecular formula is C24H30BrN3O3S. The number of rotatable bonds is 6. The number of hydrogen-bond acceptors (Lipinski definition) is 5. The molecule has 172 valence electrons. The van der Waals surface area contributed by atoms with Gasteiger partial charge in [-0.2, -0.15) is 0 Å². The molecule has 0 amide bonds. The molecule has 2 heterocycles. The number of para-hydroxylation sites is 2. The van der Waals surface area contributed by atoms with Gasteiger partial charge in [-0.25, -0.2) is 12.4 Å². The van der Waals surface area contributed by atoms with E-state index in [9.17, 15) is 8.42 Å². The minimum Gasteiger partial charge on any atom is -0.496 e. The van der Waals surface area contributed by atoms with Gasteiger partial charge in [-0.3, -0.25) is 4.90 Å². The quantitative estimate of drug-likeness (QED) is 0.456. The molecule has 1 saturated heterocycles. The highest BCUT2D eigenvalue weighted by molar-refractivity contribution is 9.10. The average molecular weight is 520 g/mol. The minimum atomic E-state index is -3.39. The van der Waals surface area contributed by atoms with E-state index in [-0.39, 0.29) is 5.75 Å². The van der Waals surface area contributed by atoms with Crippen LogP contribution in [0.3, 0.4) is 0 Å². The smallest absolute Gasteiger partial charge is 0.242 e. The van der Waals surface area contributed by atoms with Crippen LogP contribution in [0.1, 0.15) is 5.56 Å². The predicted molar refractivity (Wildman–Crippen MR) is 135 cm³/mol. The largest absolute Gasteiger partial charge is 0.496 e. The Bertz CT molecular complexity index is 1150. The number of benzene rings is 2. The summed E-state index contributed by atoms with van der Waals surface area (Å²) in [4.78, 5) is 4.69. The van der Waals surface area contributed by atoms with Crippen molar-refractivity contribution in [1.29, 1.82) is 0 Å². The van der Waals surface area contributed by atoms with Crippen LogP contribution in [-0.2, 0) is 16.6 Å². The third-order valence-electron chi connectivity index (χ3n) is 5.44. The lowest BCUT2D eigenvalue weighted by Crippen LogP contribution is -2.43. The second-order valence-electron chi connectivity index (χ2n) is 7.75. The fraction of sp³-hybridized carbons (Fsp3) is 0.333. The Hall–Kier alpha value is -2.13. The molecule has 32 heavy (non-hydrogen) atoms. The van der Waals surface area contributed by atoms with Gasteiger partial charge in [0.15, 0.2) is 0 Å². The van der Waals surface area contributed by atoms with Gasteiger partial charge >= 0.3 is 0 Å². The summed E-state index contributed by atoms with van der Waals surface area (Å²) in [6.07, 6.45) is 3.21. The van der Waals surface area contributed by atoms with Crippen molar-refractivity contribution in [2.45, 2.75) is 6.54 Å². The molecule has 0 atom stereocenters. The third-order valence-corrected chi connectivity index (χ3v) is 7.65. The molecule has 2 aromatic carbocycles. The Morgan fingerprint density at radius 2 is 1.72 bits per heavy atom. The van der Waals surface area contributed by atoms with E-state index in [1.165, 1.54) is 10.0 Å². The van der Waals surface area contributed by atoms with Crippen LogP contribution >= 0.6 is 15.9 Å². The Balaban J connectivity index is 0.000000269. The Morgan fingerprint density at radius 3 is 2.34 bits per heavy atom.